The molecule has 1 N–H and O–H groups in total. The molecule has 2 atom stereocenters. The SMILES string of the molecule is O=C(O[C@@H]1CC2CC[N+]1(CCc1ccccc1)CC2)C(O)(c1ccccc1)c1ccco1. The number of quaternary nitrogens is 1. The van der Waals surface area contributed by atoms with E-state index in [2.05, 4.69) is 24.3 Å². The monoisotopic (exact) mass is 432 g/mol. The Hall–Kier alpha value is -2.89. The van der Waals surface area contributed by atoms with Crippen molar-refractivity contribution in [3.8, 4) is 0 Å². The molecular weight excluding hydrogens is 402 g/mol. The van der Waals surface area contributed by atoms with Crippen LogP contribution in [0, 0.1) is 5.92 Å². The minimum Gasteiger partial charge on any atom is -0.465 e. The van der Waals surface area contributed by atoms with Gasteiger partial charge in [0.1, 0.15) is 0 Å². The van der Waals surface area contributed by atoms with Gasteiger partial charge in [-0.05, 0) is 23.6 Å². The van der Waals surface area contributed by atoms with Crippen molar-refractivity contribution >= 4 is 5.97 Å². The van der Waals surface area contributed by atoms with Crippen LogP contribution in [0.3, 0.4) is 0 Å². The van der Waals surface area contributed by atoms with Crippen molar-refractivity contribution in [1.82, 2.24) is 0 Å². The highest BCUT2D eigenvalue weighted by molar-refractivity contribution is 5.84. The molecule has 4 heterocycles. The van der Waals surface area contributed by atoms with Crippen LogP contribution in [0.1, 0.15) is 36.1 Å². The van der Waals surface area contributed by atoms with Crippen LogP contribution in [0.5, 0.6) is 0 Å². The average Bonchev–Trinajstić information content (AvgIpc) is 3.40. The van der Waals surface area contributed by atoms with Gasteiger partial charge in [-0.2, -0.15) is 0 Å². The Morgan fingerprint density at radius 1 is 1.00 bits per heavy atom. The summed E-state index contributed by atoms with van der Waals surface area (Å²) in [7, 11) is 0. The zero-order valence-electron chi connectivity index (χ0n) is 18.2. The van der Waals surface area contributed by atoms with Crippen molar-refractivity contribution in [2.45, 2.75) is 37.5 Å². The molecule has 32 heavy (non-hydrogen) atoms. The molecule has 2 aromatic carbocycles. The lowest BCUT2D eigenvalue weighted by Gasteiger charge is -2.53. The van der Waals surface area contributed by atoms with Gasteiger partial charge in [-0.15, -0.1) is 0 Å². The molecule has 6 rings (SSSR count). The van der Waals surface area contributed by atoms with E-state index in [0.717, 1.165) is 37.0 Å². The largest absolute Gasteiger partial charge is 0.465 e. The van der Waals surface area contributed by atoms with E-state index in [9.17, 15) is 9.90 Å². The fraction of sp³-hybridized carbons (Fsp3) is 0.370. The van der Waals surface area contributed by atoms with Gasteiger partial charge < -0.3 is 14.3 Å². The maximum absolute atomic E-state index is 13.6. The number of ether oxygens (including phenoxy) is 1. The lowest BCUT2D eigenvalue weighted by molar-refractivity contribution is -0.984. The van der Waals surface area contributed by atoms with E-state index in [0.29, 0.717) is 11.5 Å². The van der Waals surface area contributed by atoms with E-state index >= 15 is 0 Å². The molecule has 0 amide bonds. The molecule has 3 aromatic rings. The Labute approximate surface area is 188 Å². The molecule has 3 fully saturated rings. The van der Waals surface area contributed by atoms with E-state index in [1.807, 2.05) is 12.1 Å². The van der Waals surface area contributed by atoms with Crippen LogP contribution in [0.2, 0.25) is 0 Å². The van der Waals surface area contributed by atoms with Crippen LogP contribution in [-0.4, -0.2) is 41.4 Å². The number of carbonyl (C=O) groups excluding carboxylic acids is 1. The van der Waals surface area contributed by atoms with Crippen LogP contribution in [0.15, 0.2) is 83.5 Å². The molecule has 166 valence electrons. The van der Waals surface area contributed by atoms with Gasteiger partial charge in [0.05, 0.1) is 25.9 Å². The molecule has 1 unspecified atom stereocenters. The Balaban J connectivity index is 1.41. The minimum absolute atomic E-state index is 0.181. The Morgan fingerprint density at radius 2 is 1.69 bits per heavy atom. The highest BCUT2D eigenvalue weighted by Gasteiger charge is 2.53. The molecule has 3 saturated heterocycles. The van der Waals surface area contributed by atoms with Crippen molar-refractivity contribution in [3.63, 3.8) is 0 Å². The fourth-order valence-electron chi connectivity index (χ4n) is 5.43. The van der Waals surface area contributed by atoms with E-state index in [1.165, 1.54) is 24.7 Å². The van der Waals surface area contributed by atoms with Crippen molar-refractivity contribution in [2.75, 3.05) is 19.6 Å². The first-order valence-electron chi connectivity index (χ1n) is 11.5. The molecule has 0 spiro atoms. The van der Waals surface area contributed by atoms with Gasteiger partial charge in [0.25, 0.3) is 0 Å². The molecule has 5 heteroatoms. The summed E-state index contributed by atoms with van der Waals surface area (Å²) in [4.78, 5) is 13.6. The van der Waals surface area contributed by atoms with Gasteiger partial charge in [-0.1, -0.05) is 60.7 Å². The smallest absolute Gasteiger partial charge is 0.355 e. The quantitative estimate of drug-likeness (QED) is 0.448. The molecule has 2 bridgehead atoms. The van der Waals surface area contributed by atoms with E-state index in [-0.39, 0.29) is 12.0 Å². The number of aliphatic hydroxyl groups is 1. The number of furan rings is 1. The molecule has 3 aliphatic rings. The second kappa shape index (κ2) is 8.57. The minimum atomic E-state index is -1.97. The highest BCUT2D eigenvalue weighted by atomic mass is 16.6. The van der Waals surface area contributed by atoms with Crippen LogP contribution in [0.4, 0.5) is 0 Å². The van der Waals surface area contributed by atoms with Gasteiger partial charge in [-0.25, -0.2) is 4.79 Å². The number of benzene rings is 2. The van der Waals surface area contributed by atoms with Crippen molar-refractivity contribution in [1.29, 1.82) is 0 Å². The van der Waals surface area contributed by atoms with Crippen LogP contribution >= 0.6 is 0 Å². The zero-order chi connectivity index (χ0) is 22.0. The Kier molecular flexibility index (Phi) is 5.62. The van der Waals surface area contributed by atoms with Crippen molar-refractivity contribution in [3.05, 3.63) is 95.9 Å². The maximum Gasteiger partial charge on any atom is 0.355 e. The number of piperidine rings is 3. The maximum atomic E-state index is 13.6. The first-order chi connectivity index (χ1) is 15.6. The summed E-state index contributed by atoms with van der Waals surface area (Å²) in [5.41, 5.74) is -0.215. The zero-order valence-corrected chi connectivity index (χ0v) is 18.2. The Bertz CT molecular complexity index is 1030. The van der Waals surface area contributed by atoms with Gasteiger partial charge in [0.15, 0.2) is 5.76 Å². The molecular formula is C27H30NO4+. The highest BCUT2D eigenvalue weighted by Crippen LogP contribution is 2.41. The van der Waals surface area contributed by atoms with E-state index in [4.69, 9.17) is 9.15 Å². The summed E-state index contributed by atoms with van der Waals surface area (Å²) in [6, 6.07) is 22.7. The molecule has 0 saturated carbocycles. The summed E-state index contributed by atoms with van der Waals surface area (Å²) in [6.45, 7) is 2.96. The van der Waals surface area contributed by atoms with Gasteiger partial charge in [0.2, 0.25) is 11.8 Å². The van der Waals surface area contributed by atoms with Crippen molar-refractivity contribution in [2.24, 2.45) is 5.92 Å². The molecule has 5 nitrogen and oxygen atoms in total. The number of hydrogen-bond donors (Lipinski definition) is 1. The lowest BCUT2D eigenvalue weighted by atomic mass is 9.83. The number of nitrogens with zero attached hydrogens (tertiary/aromatic N) is 1. The second-order valence-electron chi connectivity index (χ2n) is 9.22. The number of rotatable bonds is 7. The predicted octanol–water partition coefficient (Wildman–Crippen LogP) is 4.26. The standard InChI is InChI=1S/C27H30NO4/c29-26(27(30,24-12-7-19-31-24)23-10-5-2-6-11-23)32-25-20-22-14-17-28(25,18-15-22)16-13-21-8-3-1-4-9-21/h1-12,19,22,25,30H,13-18,20H2/q+1/t22?,25-,27?,28?/m1/s1. The molecule has 1 aromatic heterocycles. The normalized spacial score (nSPS) is 26.4. The third-order valence-electron chi connectivity index (χ3n) is 7.41. The molecule has 0 aliphatic carbocycles. The predicted molar refractivity (Wildman–Crippen MR) is 120 cm³/mol. The molecule has 0 radical (unpaired) electrons. The number of fused-ring (bicyclic) bond motifs is 3. The first kappa shape index (κ1) is 21.0. The fourth-order valence-corrected chi connectivity index (χ4v) is 5.43. The van der Waals surface area contributed by atoms with Crippen LogP contribution < -0.4 is 0 Å². The van der Waals surface area contributed by atoms with E-state index < -0.39 is 11.6 Å². The van der Waals surface area contributed by atoms with Gasteiger partial charge in [0, 0.05) is 31.2 Å². The van der Waals surface area contributed by atoms with Crippen LogP contribution in [-0.2, 0) is 21.6 Å². The summed E-state index contributed by atoms with van der Waals surface area (Å²) in [5, 5.41) is 11.6. The summed E-state index contributed by atoms with van der Waals surface area (Å²) >= 11 is 0. The summed E-state index contributed by atoms with van der Waals surface area (Å²) < 4.78 is 12.5. The summed E-state index contributed by atoms with van der Waals surface area (Å²) in [5.74, 6) is 0.104. The number of carbonyl (C=O) groups is 1. The summed E-state index contributed by atoms with van der Waals surface area (Å²) in [6.07, 6.45) is 5.36. The number of esters is 1. The molecule has 3 aliphatic heterocycles. The number of hydrogen-bond acceptors (Lipinski definition) is 4. The second-order valence-corrected chi connectivity index (χ2v) is 9.22. The van der Waals surface area contributed by atoms with Gasteiger partial charge in [-0.3, -0.25) is 4.48 Å². The third kappa shape index (κ3) is 3.76. The topological polar surface area (TPSA) is 59.7 Å². The van der Waals surface area contributed by atoms with Crippen LogP contribution in [0.25, 0.3) is 0 Å². The first-order valence-corrected chi connectivity index (χ1v) is 11.5. The lowest BCUT2D eigenvalue weighted by Crippen LogP contribution is -2.66. The van der Waals surface area contributed by atoms with Crippen molar-refractivity contribution < 1.29 is 23.5 Å². The van der Waals surface area contributed by atoms with Gasteiger partial charge >= 0.3 is 5.97 Å². The average molecular weight is 433 g/mol. The van der Waals surface area contributed by atoms with E-state index in [1.54, 1.807) is 36.4 Å². The Morgan fingerprint density at radius 3 is 2.34 bits per heavy atom. The third-order valence-corrected chi connectivity index (χ3v) is 7.41.